The van der Waals surface area contributed by atoms with Crippen molar-refractivity contribution >= 4 is 0 Å². The Hall–Kier alpha value is -8.39. The molecule has 0 aromatic heterocycles. The maximum Gasteiger partial charge on any atom is 0.131 e. The summed E-state index contributed by atoms with van der Waals surface area (Å²) in [6, 6.07) is 84.5. The van der Waals surface area contributed by atoms with Crippen LogP contribution in [0.25, 0.3) is 44.5 Å². The zero-order chi connectivity index (χ0) is 48.9. The Morgan fingerprint density at radius 3 is 0.592 bits per heavy atom. The van der Waals surface area contributed by atoms with Crippen LogP contribution in [0.2, 0.25) is 0 Å². The maximum atomic E-state index is 10.5. The minimum absolute atomic E-state index is 0. The van der Waals surface area contributed by atoms with Gasteiger partial charge in [0, 0.05) is 65.6 Å². The van der Waals surface area contributed by atoms with Gasteiger partial charge in [0.2, 0.25) is 0 Å². The number of hydrogen-bond acceptors (Lipinski definition) is 2. The fourth-order valence-electron chi connectivity index (χ4n) is 7.33. The van der Waals surface area contributed by atoms with E-state index in [1.807, 2.05) is 158 Å². The first-order valence-electron chi connectivity index (χ1n) is 23.4. The fourth-order valence-corrected chi connectivity index (χ4v) is 7.33. The summed E-state index contributed by atoms with van der Waals surface area (Å²) in [7, 11) is 0. The van der Waals surface area contributed by atoms with Crippen molar-refractivity contribution in [1.29, 1.82) is 0 Å². The van der Waals surface area contributed by atoms with Crippen molar-refractivity contribution in [3.05, 3.63) is 299 Å². The average molecular weight is 1090 g/mol. The summed E-state index contributed by atoms with van der Waals surface area (Å²) in [6.07, 6.45) is 0. The van der Waals surface area contributed by atoms with Crippen LogP contribution in [-0.4, -0.2) is 10.2 Å². The summed E-state index contributed by atoms with van der Waals surface area (Å²) in [4.78, 5) is 0. The molecule has 0 unspecified atom stereocenters. The van der Waals surface area contributed by atoms with Gasteiger partial charge in [-0.05, 0) is 98.5 Å². The van der Waals surface area contributed by atoms with Crippen molar-refractivity contribution in [2.24, 2.45) is 0 Å². The van der Waals surface area contributed by atoms with Gasteiger partial charge in [-0.25, -0.2) is 0 Å². The van der Waals surface area contributed by atoms with Gasteiger partial charge in [-0.1, -0.05) is 252 Å². The van der Waals surface area contributed by atoms with Gasteiger partial charge in [0.1, 0.15) is 11.5 Å². The normalized spacial score (nSPS) is 9.75. The Morgan fingerprint density at radius 1 is 0.225 bits per heavy atom. The second-order valence-electron chi connectivity index (χ2n) is 16.8. The molecule has 10 aromatic rings. The van der Waals surface area contributed by atoms with E-state index in [4.69, 9.17) is 0 Å². The zero-order valence-corrected chi connectivity index (χ0v) is 43.5. The van der Waals surface area contributed by atoms with E-state index < -0.39 is 0 Å². The second-order valence-corrected chi connectivity index (χ2v) is 16.8. The predicted molar refractivity (Wildman–Crippen MR) is 295 cm³/mol. The Kier molecular flexibility index (Phi) is 19.7. The molecule has 2 nitrogen and oxygen atoms in total. The summed E-state index contributed by atoms with van der Waals surface area (Å²) in [5, 5.41) is 21.0. The number of aromatic hydroxyl groups is 2. The summed E-state index contributed by atoms with van der Waals surface area (Å²) in [5.74, 6) is 13.3. The Morgan fingerprint density at radius 2 is 0.408 bits per heavy atom. The number of hydrogen-bond donors (Lipinski definition) is 2. The van der Waals surface area contributed by atoms with E-state index in [9.17, 15) is 10.2 Å². The molecule has 0 aliphatic carbocycles. The van der Waals surface area contributed by atoms with Gasteiger partial charge in [0.15, 0.2) is 0 Å². The molecule has 2 N–H and O–H groups in total. The molecule has 346 valence electrons. The molecule has 0 fully saturated rings. The van der Waals surface area contributed by atoms with Crippen molar-refractivity contribution in [2.45, 2.75) is 27.7 Å². The Bertz CT molecular complexity index is 2860. The van der Waals surface area contributed by atoms with Gasteiger partial charge in [-0.15, -0.1) is 0 Å². The van der Waals surface area contributed by atoms with Crippen LogP contribution in [0.15, 0.2) is 255 Å². The first-order chi connectivity index (χ1) is 34.2. The molecule has 0 heterocycles. The molecule has 0 amide bonds. The molecule has 0 spiro atoms. The van der Waals surface area contributed by atoms with E-state index >= 15 is 0 Å². The summed E-state index contributed by atoms with van der Waals surface area (Å²) < 4.78 is 0. The minimum Gasteiger partial charge on any atom is -0.507 e. The van der Waals surface area contributed by atoms with Crippen LogP contribution in [0, 0.1) is 51.4 Å². The molecule has 3 heteroatoms. The Balaban J connectivity index is 0.000000155. The number of rotatable bonds is 4. The van der Waals surface area contributed by atoms with Gasteiger partial charge >= 0.3 is 0 Å². The van der Waals surface area contributed by atoms with Crippen molar-refractivity contribution in [3.63, 3.8) is 0 Å². The number of benzene rings is 10. The number of phenols is 2. The first kappa shape index (κ1) is 52.0. The molecule has 0 aliphatic heterocycles. The summed E-state index contributed by atoms with van der Waals surface area (Å²) >= 11 is 0. The van der Waals surface area contributed by atoms with Crippen LogP contribution >= 0.6 is 0 Å². The average Bonchev–Trinajstić information content (AvgIpc) is 3.41. The Labute approximate surface area is 435 Å². The fraction of sp³-hybridized carbons (Fsp3) is 0.0588. The summed E-state index contributed by atoms with van der Waals surface area (Å²) in [5.41, 5.74) is 16.9. The molecule has 0 saturated heterocycles. The monoisotopic (exact) mass is 1090 g/mol. The third-order valence-corrected chi connectivity index (χ3v) is 11.3. The van der Waals surface area contributed by atoms with E-state index in [1.165, 1.54) is 22.3 Å². The largest absolute Gasteiger partial charge is 0.507 e. The molecule has 0 atom stereocenters. The predicted octanol–water partition coefficient (Wildman–Crippen LogP) is 16.9. The van der Waals surface area contributed by atoms with Crippen LogP contribution in [0.1, 0.15) is 44.5 Å². The minimum atomic E-state index is 0. The molecule has 10 rings (SSSR count). The second kappa shape index (κ2) is 27.0. The van der Waals surface area contributed by atoms with Gasteiger partial charge < -0.3 is 10.2 Å². The van der Waals surface area contributed by atoms with E-state index in [0.717, 1.165) is 66.8 Å². The van der Waals surface area contributed by atoms with Crippen molar-refractivity contribution in [3.8, 4) is 79.7 Å². The maximum absolute atomic E-state index is 10.5. The molecule has 0 bridgehead atoms. The first-order valence-corrected chi connectivity index (χ1v) is 23.4. The van der Waals surface area contributed by atoms with Crippen LogP contribution in [0.5, 0.6) is 11.5 Å². The number of para-hydroxylation sites is 2. The van der Waals surface area contributed by atoms with E-state index in [-0.39, 0.29) is 21.1 Å². The van der Waals surface area contributed by atoms with Gasteiger partial charge in [0.25, 0.3) is 0 Å². The molecule has 0 radical (unpaired) electrons. The van der Waals surface area contributed by atoms with Gasteiger partial charge in [0.05, 0.1) is 0 Å². The standard InChI is InChI=1S/2C18H14O.2C16H14.W/c2*19-18-16(14-8-3-1-4-9-14)12-7-13-17(18)15-10-5-2-6-11-15;2*1-13-3-7-15(8-4-13)11-12-16-9-5-14(2)6-10-16;/h2*1-13,19H;2*3-10H,1-2H3;. The molecule has 0 saturated carbocycles. The topological polar surface area (TPSA) is 40.5 Å². The molecule has 0 aliphatic rings. The van der Waals surface area contributed by atoms with Crippen molar-refractivity contribution in [1.82, 2.24) is 0 Å². The van der Waals surface area contributed by atoms with Crippen LogP contribution in [0.4, 0.5) is 0 Å². The van der Waals surface area contributed by atoms with Crippen molar-refractivity contribution < 1.29 is 31.3 Å². The van der Waals surface area contributed by atoms with E-state index in [2.05, 4.69) is 148 Å². The molecule has 10 aromatic carbocycles. The van der Waals surface area contributed by atoms with Crippen LogP contribution in [0.3, 0.4) is 0 Å². The molecular weight excluding hydrogens is 1030 g/mol. The van der Waals surface area contributed by atoms with Crippen LogP contribution < -0.4 is 0 Å². The third-order valence-electron chi connectivity index (χ3n) is 11.3. The third kappa shape index (κ3) is 15.8. The zero-order valence-electron chi connectivity index (χ0n) is 40.6. The van der Waals surface area contributed by atoms with Crippen LogP contribution in [-0.2, 0) is 21.1 Å². The SMILES string of the molecule is Cc1ccc(C#Cc2ccc(C)cc2)cc1.Cc1ccc(C#Cc2ccc(C)cc2)cc1.Oc1c(-c2ccccc2)cccc1-c1ccccc1.Oc1c(-c2ccccc2)cccc1-c1ccccc1.[W]. The van der Waals surface area contributed by atoms with E-state index in [1.54, 1.807) is 0 Å². The van der Waals surface area contributed by atoms with E-state index in [0.29, 0.717) is 11.5 Å². The molecule has 71 heavy (non-hydrogen) atoms. The number of phenolic OH excluding ortho intramolecular Hbond substituents is 2. The van der Waals surface area contributed by atoms with Gasteiger partial charge in [-0.2, -0.15) is 0 Å². The van der Waals surface area contributed by atoms with Crippen molar-refractivity contribution in [2.75, 3.05) is 0 Å². The molecular formula is C68H56O2W. The number of aryl methyl sites for hydroxylation is 4. The van der Waals surface area contributed by atoms with Gasteiger partial charge in [-0.3, -0.25) is 0 Å². The smallest absolute Gasteiger partial charge is 0.131 e. The summed E-state index contributed by atoms with van der Waals surface area (Å²) in [6.45, 7) is 8.32. The quantitative estimate of drug-likeness (QED) is 0.172.